The molecule has 0 bridgehead atoms. The molecule has 1 aromatic rings. The van der Waals surface area contributed by atoms with Gasteiger partial charge in [-0.1, -0.05) is 12.1 Å². The quantitative estimate of drug-likeness (QED) is 0.890. The van der Waals surface area contributed by atoms with Gasteiger partial charge in [-0.2, -0.15) is 0 Å². The van der Waals surface area contributed by atoms with Crippen molar-refractivity contribution in [1.29, 1.82) is 0 Å². The Morgan fingerprint density at radius 2 is 2.00 bits per heavy atom. The second-order valence-corrected chi connectivity index (χ2v) is 7.86. The summed E-state index contributed by atoms with van der Waals surface area (Å²) in [6.45, 7) is 4.21. The predicted molar refractivity (Wildman–Crippen MR) is 86.6 cm³/mol. The van der Waals surface area contributed by atoms with Gasteiger partial charge in [0.15, 0.2) is 0 Å². The monoisotopic (exact) mass is 342 g/mol. The lowest BCUT2D eigenvalue weighted by molar-refractivity contribution is -0.135. The number of hydrogen-bond donors (Lipinski definition) is 1. The Labute approximate surface area is 136 Å². The summed E-state index contributed by atoms with van der Waals surface area (Å²) in [5, 5.41) is 0. The summed E-state index contributed by atoms with van der Waals surface area (Å²) in [5.74, 6) is -0.887. The molecule has 1 aromatic carbocycles. The first-order chi connectivity index (χ1) is 10.8. The lowest BCUT2D eigenvalue weighted by Crippen LogP contribution is -2.51. The van der Waals surface area contributed by atoms with Crippen LogP contribution in [0, 0.1) is 5.82 Å². The number of carbonyl (C=O) groups excluding carboxylic acids is 1. The molecule has 5 nitrogen and oxygen atoms in total. The minimum Gasteiger partial charge on any atom is -0.339 e. The number of piperidine rings is 1. The molecule has 7 heteroatoms. The normalized spacial score (nSPS) is 20.3. The van der Waals surface area contributed by atoms with Crippen LogP contribution in [0.5, 0.6) is 0 Å². The molecular weight excluding hydrogens is 319 g/mol. The van der Waals surface area contributed by atoms with E-state index >= 15 is 0 Å². The molecule has 0 saturated carbocycles. The Hall–Kier alpha value is -1.47. The molecule has 0 radical (unpaired) electrons. The van der Waals surface area contributed by atoms with Gasteiger partial charge in [0, 0.05) is 12.6 Å². The molecule has 2 rings (SSSR count). The first-order valence-electron chi connectivity index (χ1n) is 7.83. The number of hydrogen-bond acceptors (Lipinski definition) is 3. The predicted octanol–water partition coefficient (Wildman–Crippen LogP) is 2.03. The fourth-order valence-corrected chi connectivity index (χ4v) is 4.19. The number of carbonyl (C=O) groups is 1. The molecule has 1 aliphatic heterocycles. The topological polar surface area (TPSA) is 66.5 Å². The SMILES string of the molecule is C[C@@H]1CCCCN1C(=O)[C@@H](C)NS(=O)(=O)Cc1ccc(F)cc1. The molecule has 1 saturated heterocycles. The van der Waals surface area contributed by atoms with Gasteiger partial charge in [-0.15, -0.1) is 0 Å². The molecule has 128 valence electrons. The highest BCUT2D eigenvalue weighted by atomic mass is 32.2. The van der Waals surface area contributed by atoms with Crippen molar-refractivity contribution in [2.45, 2.75) is 50.9 Å². The summed E-state index contributed by atoms with van der Waals surface area (Å²) >= 11 is 0. The highest BCUT2D eigenvalue weighted by molar-refractivity contribution is 7.88. The van der Waals surface area contributed by atoms with Crippen LogP contribution in [-0.2, 0) is 20.6 Å². The Morgan fingerprint density at radius 3 is 2.61 bits per heavy atom. The van der Waals surface area contributed by atoms with Crippen molar-refractivity contribution in [2.75, 3.05) is 6.54 Å². The van der Waals surface area contributed by atoms with Crippen LogP contribution in [0.3, 0.4) is 0 Å². The summed E-state index contributed by atoms with van der Waals surface area (Å²) in [6.07, 6.45) is 2.99. The van der Waals surface area contributed by atoms with E-state index in [0.29, 0.717) is 12.1 Å². The van der Waals surface area contributed by atoms with Crippen LogP contribution in [-0.4, -0.2) is 37.9 Å². The molecule has 1 amide bonds. The number of nitrogens with zero attached hydrogens (tertiary/aromatic N) is 1. The van der Waals surface area contributed by atoms with E-state index < -0.39 is 21.9 Å². The van der Waals surface area contributed by atoms with E-state index in [1.54, 1.807) is 11.8 Å². The lowest BCUT2D eigenvalue weighted by Gasteiger charge is -2.35. The van der Waals surface area contributed by atoms with Crippen LogP contribution in [0.1, 0.15) is 38.7 Å². The van der Waals surface area contributed by atoms with Gasteiger partial charge >= 0.3 is 0 Å². The van der Waals surface area contributed by atoms with E-state index in [4.69, 9.17) is 0 Å². The van der Waals surface area contributed by atoms with Crippen LogP contribution in [0.4, 0.5) is 4.39 Å². The van der Waals surface area contributed by atoms with Gasteiger partial charge in [0.05, 0.1) is 11.8 Å². The maximum absolute atomic E-state index is 12.9. The number of benzene rings is 1. The molecule has 1 aliphatic rings. The molecule has 0 aliphatic carbocycles. The van der Waals surface area contributed by atoms with Crippen LogP contribution in [0.25, 0.3) is 0 Å². The third-order valence-electron chi connectivity index (χ3n) is 4.08. The van der Waals surface area contributed by atoms with E-state index in [-0.39, 0.29) is 17.7 Å². The minimum atomic E-state index is -3.67. The smallest absolute Gasteiger partial charge is 0.240 e. The first-order valence-corrected chi connectivity index (χ1v) is 9.48. The Bertz CT molecular complexity index is 646. The van der Waals surface area contributed by atoms with Gasteiger partial charge in [0.25, 0.3) is 0 Å². The molecule has 1 heterocycles. The third-order valence-corrected chi connectivity index (χ3v) is 5.51. The van der Waals surface area contributed by atoms with Crippen LogP contribution in [0.15, 0.2) is 24.3 Å². The van der Waals surface area contributed by atoms with Gasteiger partial charge in [-0.25, -0.2) is 17.5 Å². The Kier molecular flexibility index (Phi) is 5.75. The van der Waals surface area contributed by atoms with Crippen LogP contribution >= 0.6 is 0 Å². The summed E-state index contributed by atoms with van der Waals surface area (Å²) in [4.78, 5) is 14.2. The van der Waals surface area contributed by atoms with Crippen LogP contribution < -0.4 is 4.72 Å². The number of sulfonamides is 1. The van der Waals surface area contributed by atoms with E-state index in [1.165, 1.54) is 24.3 Å². The lowest BCUT2D eigenvalue weighted by atomic mass is 10.0. The average molecular weight is 342 g/mol. The Morgan fingerprint density at radius 1 is 1.35 bits per heavy atom. The zero-order valence-electron chi connectivity index (χ0n) is 13.5. The minimum absolute atomic E-state index is 0.139. The molecule has 1 fully saturated rings. The number of likely N-dealkylation sites (tertiary alicyclic amines) is 1. The standard InChI is InChI=1S/C16H23FN2O3S/c1-12-5-3-4-10-19(12)16(20)13(2)18-23(21,22)11-14-6-8-15(17)9-7-14/h6-9,12-13,18H,3-5,10-11H2,1-2H3/t12-,13-/m1/s1. The second-order valence-electron chi connectivity index (χ2n) is 6.10. The molecular formula is C16H23FN2O3S. The maximum Gasteiger partial charge on any atom is 0.240 e. The average Bonchev–Trinajstić information content (AvgIpc) is 2.48. The number of halogens is 1. The second kappa shape index (κ2) is 7.40. The van der Waals surface area contributed by atoms with Crippen molar-refractivity contribution in [3.05, 3.63) is 35.6 Å². The van der Waals surface area contributed by atoms with Gasteiger partial charge in [0.2, 0.25) is 15.9 Å². The van der Waals surface area contributed by atoms with Crippen molar-refractivity contribution >= 4 is 15.9 Å². The summed E-state index contributed by atoms with van der Waals surface area (Å²) < 4.78 is 39.7. The van der Waals surface area contributed by atoms with Crippen LogP contribution in [0.2, 0.25) is 0 Å². The maximum atomic E-state index is 12.9. The molecule has 0 aromatic heterocycles. The summed E-state index contributed by atoms with van der Waals surface area (Å²) in [7, 11) is -3.67. The largest absolute Gasteiger partial charge is 0.339 e. The van der Waals surface area contributed by atoms with Crippen molar-refractivity contribution in [1.82, 2.24) is 9.62 Å². The molecule has 0 spiro atoms. The van der Waals surface area contributed by atoms with Crippen molar-refractivity contribution in [3.63, 3.8) is 0 Å². The number of rotatable bonds is 5. The molecule has 2 atom stereocenters. The van der Waals surface area contributed by atoms with Crippen molar-refractivity contribution in [2.24, 2.45) is 0 Å². The summed E-state index contributed by atoms with van der Waals surface area (Å²) in [6, 6.07) is 4.62. The fraction of sp³-hybridized carbons (Fsp3) is 0.562. The third kappa shape index (κ3) is 5.00. The first kappa shape index (κ1) is 17.9. The number of nitrogens with one attached hydrogen (secondary N) is 1. The van der Waals surface area contributed by atoms with Gasteiger partial charge in [-0.3, -0.25) is 4.79 Å². The van der Waals surface area contributed by atoms with Crippen molar-refractivity contribution in [3.8, 4) is 0 Å². The summed E-state index contributed by atoms with van der Waals surface area (Å²) in [5.41, 5.74) is 0.477. The number of amides is 1. The van der Waals surface area contributed by atoms with E-state index in [2.05, 4.69) is 4.72 Å². The highest BCUT2D eigenvalue weighted by Gasteiger charge is 2.29. The van der Waals surface area contributed by atoms with Gasteiger partial charge in [0.1, 0.15) is 5.82 Å². The van der Waals surface area contributed by atoms with E-state index in [9.17, 15) is 17.6 Å². The zero-order chi connectivity index (χ0) is 17.0. The van der Waals surface area contributed by atoms with Gasteiger partial charge < -0.3 is 4.90 Å². The Balaban J connectivity index is 1.98. The molecule has 23 heavy (non-hydrogen) atoms. The van der Waals surface area contributed by atoms with Crippen molar-refractivity contribution < 1.29 is 17.6 Å². The fourth-order valence-electron chi connectivity index (χ4n) is 2.84. The van der Waals surface area contributed by atoms with Gasteiger partial charge in [-0.05, 0) is 50.8 Å². The highest BCUT2D eigenvalue weighted by Crippen LogP contribution is 2.17. The van der Waals surface area contributed by atoms with E-state index in [1.807, 2.05) is 6.92 Å². The zero-order valence-corrected chi connectivity index (χ0v) is 14.3. The molecule has 0 unspecified atom stereocenters. The van der Waals surface area contributed by atoms with E-state index in [0.717, 1.165) is 19.3 Å². The molecule has 1 N–H and O–H groups in total.